The fourth-order valence-corrected chi connectivity index (χ4v) is 2.46. The minimum absolute atomic E-state index is 0. The second-order valence-corrected chi connectivity index (χ2v) is 5.78. The van der Waals surface area contributed by atoms with Crippen molar-refractivity contribution in [3.05, 3.63) is 60.0 Å². The molecule has 2 N–H and O–H groups in total. The number of aromatic nitrogens is 2. The van der Waals surface area contributed by atoms with E-state index in [2.05, 4.69) is 20.4 Å². The Balaban J connectivity index is 0.000000187. The summed E-state index contributed by atoms with van der Waals surface area (Å²) in [5, 5.41) is 36.1. The molecule has 27 heavy (non-hydrogen) atoms. The van der Waals surface area contributed by atoms with E-state index in [4.69, 9.17) is 4.42 Å². The quantitative estimate of drug-likeness (QED) is 0.625. The Labute approximate surface area is 160 Å². The predicted molar refractivity (Wildman–Crippen MR) is 97.1 cm³/mol. The van der Waals surface area contributed by atoms with Gasteiger partial charge in [0.25, 0.3) is 5.89 Å². The number of hydrazone groups is 1. The molecule has 0 aliphatic carbocycles. The third kappa shape index (κ3) is 4.86. The number of hydrogen-bond donors (Lipinski definition) is 1. The molecule has 0 amide bonds. The normalized spacial score (nSPS) is 12.4. The zero-order valence-corrected chi connectivity index (χ0v) is 15.2. The minimum Gasteiger partial charge on any atom is -0.872 e. The van der Waals surface area contributed by atoms with Crippen molar-refractivity contribution in [3.8, 4) is 23.0 Å². The van der Waals surface area contributed by atoms with Crippen LogP contribution in [-0.2, 0) is 0 Å². The van der Waals surface area contributed by atoms with Gasteiger partial charge in [0.2, 0.25) is 5.71 Å². The summed E-state index contributed by atoms with van der Waals surface area (Å²) < 4.78 is 5.18. The van der Waals surface area contributed by atoms with Crippen LogP contribution in [0.15, 0.2) is 58.0 Å². The van der Waals surface area contributed by atoms with Gasteiger partial charge in [-0.2, -0.15) is 0 Å². The molecule has 1 aromatic heterocycles. The molecular weight excluding hydrogens is 341 g/mol. The molecule has 4 rings (SSSR count). The number of nitrogens with one attached hydrogen (secondary N) is 2. The molecule has 0 spiro atoms. The van der Waals surface area contributed by atoms with Crippen molar-refractivity contribution in [1.82, 2.24) is 5.10 Å². The number of para-hydroxylation sites is 2. The maximum absolute atomic E-state index is 11.4. The molecule has 0 saturated heterocycles. The van der Waals surface area contributed by atoms with Gasteiger partial charge >= 0.3 is 16.0 Å². The van der Waals surface area contributed by atoms with Crippen LogP contribution in [0.5, 0.6) is 11.5 Å². The smallest absolute Gasteiger partial charge is 0.872 e. The number of benzene rings is 2. The zero-order chi connectivity index (χ0) is 18.5. The number of hydrogen-bond acceptors (Lipinski definition) is 5. The second-order valence-electron chi connectivity index (χ2n) is 5.78. The van der Waals surface area contributed by atoms with E-state index in [0.717, 1.165) is 23.4 Å². The molecule has 7 nitrogen and oxygen atoms in total. The summed E-state index contributed by atoms with van der Waals surface area (Å²) in [7, 11) is 0. The zero-order valence-electron chi connectivity index (χ0n) is 15.2. The summed E-state index contributed by atoms with van der Waals surface area (Å²) in [5.74, 6) is 0.895. The first-order valence-corrected chi connectivity index (χ1v) is 8.07. The molecule has 1 aliphatic heterocycles. The average Bonchev–Trinajstić information content (AvgIpc) is 3.25. The van der Waals surface area contributed by atoms with E-state index >= 15 is 0 Å². The fourth-order valence-electron chi connectivity index (χ4n) is 2.46. The third-order valence-corrected chi connectivity index (χ3v) is 3.72. The molecule has 0 radical (unpaired) electrons. The van der Waals surface area contributed by atoms with Gasteiger partial charge in [-0.05, 0) is 24.2 Å². The van der Waals surface area contributed by atoms with E-state index in [1.807, 2.05) is 19.1 Å². The Morgan fingerprint density at radius 2 is 1.52 bits per heavy atom. The van der Waals surface area contributed by atoms with Crippen molar-refractivity contribution < 1.29 is 24.8 Å². The third-order valence-electron chi connectivity index (χ3n) is 3.72. The van der Waals surface area contributed by atoms with E-state index in [1.165, 1.54) is 6.07 Å². The number of aromatic amines is 1. The van der Waals surface area contributed by atoms with Gasteiger partial charge in [0.15, 0.2) is 0 Å². The first-order valence-electron chi connectivity index (χ1n) is 8.07. The van der Waals surface area contributed by atoms with Crippen LogP contribution in [0.1, 0.15) is 24.8 Å². The van der Waals surface area contributed by atoms with Crippen molar-refractivity contribution in [2.24, 2.45) is 5.10 Å². The van der Waals surface area contributed by atoms with Crippen LogP contribution >= 0.6 is 0 Å². The summed E-state index contributed by atoms with van der Waals surface area (Å²) in [6.07, 6.45) is 0.749. The van der Waals surface area contributed by atoms with Gasteiger partial charge < -0.3 is 14.6 Å². The predicted octanol–water partition coefficient (Wildman–Crippen LogP) is -0.434. The van der Waals surface area contributed by atoms with Crippen LogP contribution in [0.2, 0.25) is 0 Å². The van der Waals surface area contributed by atoms with E-state index in [-0.39, 0.29) is 21.6 Å². The Hall–Kier alpha value is -3.31. The topological polar surface area (TPSA) is 113 Å². The average molecular weight is 359 g/mol. The Bertz CT molecular complexity index is 982. The molecule has 132 valence electrons. The van der Waals surface area contributed by atoms with Gasteiger partial charge in [0, 0.05) is 17.6 Å². The summed E-state index contributed by atoms with van der Waals surface area (Å²) in [5.41, 5.74) is 3.15. The van der Waals surface area contributed by atoms with E-state index in [9.17, 15) is 10.2 Å². The number of H-pyrrole nitrogens is 1. The Kier molecular flexibility index (Phi) is 6.57. The monoisotopic (exact) mass is 359 g/mol. The van der Waals surface area contributed by atoms with Crippen molar-refractivity contribution in [1.29, 1.82) is 0 Å². The molecule has 3 aromatic rings. The van der Waals surface area contributed by atoms with E-state index in [0.29, 0.717) is 17.3 Å². The van der Waals surface area contributed by atoms with Gasteiger partial charge in [-0.15, -0.1) is 5.10 Å². The number of nitrogens with zero attached hydrogens (tertiary/aromatic N) is 2. The van der Waals surface area contributed by atoms with Crippen molar-refractivity contribution in [2.75, 3.05) is 0 Å². The second kappa shape index (κ2) is 8.87. The molecule has 2 aromatic carbocycles. The van der Waals surface area contributed by atoms with E-state index < -0.39 is 0 Å². The summed E-state index contributed by atoms with van der Waals surface area (Å²) in [6, 6.07) is 13.6. The van der Waals surface area contributed by atoms with E-state index in [1.54, 1.807) is 37.3 Å². The van der Waals surface area contributed by atoms with Gasteiger partial charge in [-0.3, -0.25) is 0 Å². The first kappa shape index (κ1) is 20.0. The molecule has 0 saturated carbocycles. The molecule has 0 bridgehead atoms. The Morgan fingerprint density at radius 3 is 2.00 bits per heavy atom. The molecule has 0 fully saturated rings. The standard InChI is InChI=1S/C10H10N2O.C9H8N2O2.Be/c1-7-6-9(12-11-7)8-4-2-3-5-10(8)13;1-6-10-11-9(13-6)7-4-2-3-5-8(7)12;/h2-5,13H,6H2,1H3;2-5,12H,1H3;/q;;+2. The van der Waals surface area contributed by atoms with Gasteiger partial charge in [-0.25, -0.2) is 0 Å². The summed E-state index contributed by atoms with van der Waals surface area (Å²) >= 11 is 0. The van der Waals surface area contributed by atoms with Gasteiger partial charge in [0.05, 0.1) is 17.7 Å². The van der Waals surface area contributed by atoms with Gasteiger partial charge in [0.1, 0.15) is 0 Å². The number of rotatable bonds is 2. The van der Waals surface area contributed by atoms with Crippen molar-refractivity contribution >= 4 is 21.5 Å². The molecule has 1 aliphatic rings. The largest absolute Gasteiger partial charge is 2.00 e. The minimum atomic E-state index is -0.0742. The molecule has 0 unspecified atom stereocenters. The summed E-state index contributed by atoms with van der Waals surface area (Å²) in [6.45, 7) is 3.65. The molecular formula is C19H18BeN4O3+2. The summed E-state index contributed by atoms with van der Waals surface area (Å²) in [4.78, 5) is 0. The van der Waals surface area contributed by atoms with Crippen LogP contribution in [0.25, 0.3) is 11.5 Å². The first-order chi connectivity index (χ1) is 12.5. The van der Waals surface area contributed by atoms with Crippen molar-refractivity contribution in [3.63, 3.8) is 0 Å². The maximum Gasteiger partial charge on any atom is 2.00 e. The Morgan fingerprint density at radius 1 is 0.926 bits per heavy atom. The van der Waals surface area contributed by atoms with Crippen LogP contribution in [0, 0.1) is 6.92 Å². The molecule has 8 heteroatoms. The van der Waals surface area contributed by atoms with Crippen molar-refractivity contribution in [2.45, 2.75) is 20.3 Å². The van der Waals surface area contributed by atoms with Gasteiger partial charge in [-0.1, -0.05) is 53.0 Å². The molecule has 2 heterocycles. The maximum atomic E-state index is 11.4. The SMILES string of the molecule is CC1=N[NH+]=C(c2ccccc2[O-])C1.Cc1n[nH+]c(-c2ccccc2[O-])o1.[Be+2]. The van der Waals surface area contributed by atoms with Crippen LogP contribution in [0.4, 0.5) is 0 Å². The van der Waals surface area contributed by atoms with Crippen LogP contribution in [0.3, 0.4) is 0 Å². The molecule has 0 atom stereocenters. The number of aryl methyl sites for hydroxylation is 1. The van der Waals surface area contributed by atoms with Crippen LogP contribution in [-0.4, -0.2) is 26.6 Å². The van der Waals surface area contributed by atoms with Crippen LogP contribution < -0.4 is 20.4 Å². The fraction of sp³-hybridized carbons (Fsp3) is 0.158.